The highest BCUT2D eigenvalue weighted by atomic mass is 16.5. The zero-order valence-corrected chi connectivity index (χ0v) is 25.6. The van der Waals surface area contributed by atoms with Crippen molar-refractivity contribution in [3.63, 3.8) is 0 Å². The number of aromatic nitrogens is 2. The van der Waals surface area contributed by atoms with Crippen LogP contribution in [0.3, 0.4) is 0 Å². The summed E-state index contributed by atoms with van der Waals surface area (Å²) in [6, 6.07) is 21.6. The van der Waals surface area contributed by atoms with Crippen LogP contribution in [0.5, 0.6) is 5.75 Å². The first-order valence-electron chi connectivity index (χ1n) is 14.4. The summed E-state index contributed by atoms with van der Waals surface area (Å²) in [6.45, 7) is 14.3. The van der Waals surface area contributed by atoms with E-state index in [2.05, 4.69) is 26.1 Å². The number of esters is 1. The molecule has 7 heteroatoms. The lowest BCUT2D eigenvalue weighted by Crippen LogP contribution is -2.31. The van der Waals surface area contributed by atoms with Crippen molar-refractivity contribution in [3.05, 3.63) is 101 Å². The highest BCUT2D eigenvalue weighted by molar-refractivity contribution is 5.93. The van der Waals surface area contributed by atoms with Gasteiger partial charge in [0.2, 0.25) is 5.91 Å². The monoisotopic (exact) mass is 567 g/mol. The summed E-state index contributed by atoms with van der Waals surface area (Å²) in [5, 5.41) is 8.91. The Kier molecular flexibility index (Phi) is 9.51. The predicted octanol–water partition coefficient (Wildman–Crippen LogP) is 6.91. The topological polar surface area (TPSA) is 82.5 Å². The van der Waals surface area contributed by atoms with Gasteiger partial charge in [0.05, 0.1) is 41.9 Å². The number of fused-ring (bicyclic) bond motifs is 1. The van der Waals surface area contributed by atoms with Gasteiger partial charge in [0.25, 0.3) is 0 Å². The van der Waals surface area contributed by atoms with Crippen LogP contribution in [0, 0.1) is 6.92 Å². The Hall–Kier alpha value is -4.39. The Balaban J connectivity index is 1.67. The molecule has 1 atom stereocenters. The lowest BCUT2D eigenvalue weighted by Gasteiger charge is -2.24. The molecule has 1 unspecified atom stereocenters. The van der Waals surface area contributed by atoms with Crippen LogP contribution >= 0.6 is 0 Å². The van der Waals surface area contributed by atoms with E-state index in [0.29, 0.717) is 12.3 Å². The van der Waals surface area contributed by atoms with Gasteiger partial charge in [-0.05, 0) is 89.4 Å². The molecule has 0 aliphatic carbocycles. The number of rotatable bonds is 10. The lowest BCUT2D eigenvalue weighted by atomic mass is 9.96. The van der Waals surface area contributed by atoms with Crippen LogP contribution in [0.15, 0.2) is 72.8 Å². The van der Waals surface area contributed by atoms with Crippen molar-refractivity contribution < 1.29 is 19.1 Å². The molecule has 220 valence electrons. The Labute approximate surface area is 248 Å². The molecule has 4 rings (SSSR count). The van der Waals surface area contributed by atoms with E-state index < -0.39 is 5.97 Å². The van der Waals surface area contributed by atoms with E-state index in [9.17, 15) is 9.59 Å². The number of nitrogens with zero attached hydrogens (tertiary/aromatic N) is 2. The third-order valence-corrected chi connectivity index (χ3v) is 6.72. The number of carbonyl (C=O) groups is 2. The summed E-state index contributed by atoms with van der Waals surface area (Å²) in [4.78, 5) is 25.6. The summed E-state index contributed by atoms with van der Waals surface area (Å²) >= 11 is 0. The first-order chi connectivity index (χ1) is 20.0. The van der Waals surface area contributed by atoms with Gasteiger partial charge < -0.3 is 14.8 Å². The highest BCUT2D eigenvalue weighted by Gasteiger charge is 2.23. The Morgan fingerprint density at radius 2 is 1.76 bits per heavy atom. The van der Waals surface area contributed by atoms with Crippen molar-refractivity contribution in [1.82, 2.24) is 15.1 Å². The molecule has 0 aliphatic heterocycles. The number of ether oxygens (including phenoxy) is 2. The highest BCUT2D eigenvalue weighted by Crippen LogP contribution is 2.32. The predicted molar refractivity (Wildman–Crippen MR) is 167 cm³/mol. The van der Waals surface area contributed by atoms with Crippen molar-refractivity contribution in [2.45, 2.75) is 72.6 Å². The maximum absolute atomic E-state index is 13.6. The van der Waals surface area contributed by atoms with Gasteiger partial charge in [0.15, 0.2) is 0 Å². The maximum atomic E-state index is 13.6. The second-order valence-corrected chi connectivity index (χ2v) is 11.7. The van der Waals surface area contributed by atoms with E-state index >= 15 is 0 Å². The quantitative estimate of drug-likeness (QED) is 0.166. The molecule has 4 aromatic rings. The third kappa shape index (κ3) is 7.46. The van der Waals surface area contributed by atoms with Gasteiger partial charge >= 0.3 is 5.97 Å². The number of amides is 1. The summed E-state index contributed by atoms with van der Waals surface area (Å²) in [5.41, 5.74) is 5.09. The summed E-state index contributed by atoms with van der Waals surface area (Å²) in [6.07, 6.45) is 3.23. The summed E-state index contributed by atoms with van der Waals surface area (Å²) in [5.74, 6) is 0.217. The Bertz CT molecular complexity index is 1580. The van der Waals surface area contributed by atoms with Gasteiger partial charge in [-0.25, -0.2) is 4.79 Å². The zero-order valence-electron chi connectivity index (χ0n) is 25.6. The third-order valence-electron chi connectivity index (χ3n) is 6.72. The summed E-state index contributed by atoms with van der Waals surface area (Å²) in [7, 11) is 0. The van der Waals surface area contributed by atoms with Crippen molar-refractivity contribution in [2.24, 2.45) is 0 Å². The van der Waals surface area contributed by atoms with Crippen molar-refractivity contribution in [3.8, 4) is 5.75 Å². The van der Waals surface area contributed by atoms with E-state index in [1.807, 2.05) is 92.2 Å². The number of nitrogens with one attached hydrogen (secondary N) is 1. The molecule has 42 heavy (non-hydrogen) atoms. The van der Waals surface area contributed by atoms with Crippen molar-refractivity contribution in [1.29, 1.82) is 0 Å². The van der Waals surface area contributed by atoms with Gasteiger partial charge in [-0.2, -0.15) is 5.10 Å². The molecule has 0 aliphatic rings. The molecule has 0 radical (unpaired) electrons. The van der Waals surface area contributed by atoms with Gasteiger partial charge in [-0.3, -0.25) is 9.48 Å². The smallest absolute Gasteiger partial charge is 0.330 e. The molecule has 1 amide bonds. The minimum atomic E-state index is -0.421. The van der Waals surface area contributed by atoms with Gasteiger partial charge in [-0.15, -0.1) is 0 Å². The molecule has 1 N–H and O–H groups in total. The van der Waals surface area contributed by atoms with E-state index in [0.717, 1.165) is 38.9 Å². The second kappa shape index (κ2) is 13.1. The fourth-order valence-corrected chi connectivity index (χ4v) is 4.89. The van der Waals surface area contributed by atoms with E-state index in [1.165, 1.54) is 6.08 Å². The van der Waals surface area contributed by atoms with E-state index in [1.54, 1.807) is 13.0 Å². The first kappa shape index (κ1) is 30.6. The maximum Gasteiger partial charge on any atom is 0.330 e. The van der Waals surface area contributed by atoms with Gasteiger partial charge in [0, 0.05) is 17.0 Å². The minimum absolute atomic E-state index is 0.00880. The Morgan fingerprint density at radius 1 is 1.02 bits per heavy atom. The van der Waals surface area contributed by atoms with Crippen LogP contribution in [0.25, 0.3) is 17.0 Å². The molecule has 1 aromatic heterocycles. The number of hydrogen-bond donors (Lipinski definition) is 1. The average molecular weight is 568 g/mol. The standard InChI is InChI=1S/C35H41N3O4/c1-8-41-33(40)19-17-29-28-21-25(15-18-30(28)38(37-29)35(5,6)7)22-32(39)36-34(26-12-10-9-11-13-26)27-16-14-24(4)20-31(27)42-23(2)3/h9-21,23,34H,8,22H2,1-7H3,(H,36,39). The van der Waals surface area contributed by atoms with Gasteiger partial charge in [0.1, 0.15) is 5.75 Å². The Morgan fingerprint density at radius 3 is 2.43 bits per heavy atom. The lowest BCUT2D eigenvalue weighted by molar-refractivity contribution is -0.137. The van der Waals surface area contributed by atoms with Crippen LogP contribution in [0.1, 0.15) is 75.5 Å². The van der Waals surface area contributed by atoms with Crippen molar-refractivity contribution >= 4 is 28.9 Å². The number of benzene rings is 3. The number of hydrogen-bond acceptors (Lipinski definition) is 5. The summed E-state index contributed by atoms with van der Waals surface area (Å²) < 4.78 is 13.2. The largest absolute Gasteiger partial charge is 0.491 e. The molecule has 7 nitrogen and oxygen atoms in total. The molecular formula is C35H41N3O4. The second-order valence-electron chi connectivity index (χ2n) is 11.7. The molecule has 0 spiro atoms. The molecule has 0 fully saturated rings. The van der Waals surface area contributed by atoms with Crippen LogP contribution in [0.2, 0.25) is 0 Å². The van der Waals surface area contributed by atoms with E-state index in [4.69, 9.17) is 14.6 Å². The minimum Gasteiger partial charge on any atom is -0.491 e. The van der Waals surface area contributed by atoms with Crippen LogP contribution < -0.4 is 10.1 Å². The normalized spacial score (nSPS) is 12.6. The number of aryl methyl sites for hydroxylation is 1. The zero-order chi connectivity index (χ0) is 30.4. The van der Waals surface area contributed by atoms with Crippen LogP contribution in [-0.4, -0.2) is 34.4 Å². The molecule has 1 heterocycles. The van der Waals surface area contributed by atoms with E-state index in [-0.39, 0.29) is 30.0 Å². The molecule has 0 saturated carbocycles. The molecule has 0 bridgehead atoms. The molecular weight excluding hydrogens is 526 g/mol. The van der Waals surface area contributed by atoms with Crippen LogP contribution in [-0.2, 0) is 26.3 Å². The fourth-order valence-electron chi connectivity index (χ4n) is 4.89. The molecule has 3 aromatic carbocycles. The molecule has 0 saturated heterocycles. The first-order valence-corrected chi connectivity index (χ1v) is 14.4. The number of carbonyl (C=O) groups excluding carboxylic acids is 2. The van der Waals surface area contributed by atoms with Crippen LogP contribution in [0.4, 0.5) is 0 Å². The fraction of sp³-hybridized carbons (Fsp3) is 0.343. The SMILES string of the molecule is CCOC(=O)C=Cc1nn(C(C)(C)C)c2ccc(CC(=O)NC(c3ccccc3)c3ccc(C)cc3OC(C)C)cc12. The van der Waals surface area contributed by atoms with Crippen molar-refractivity contribution in [2.75, 3.05) is 6.61 Å². The average Bonchev–Trinajstić information content (AvgIpc) is 3.30. The van der Waals surface area contributed by atoms with Gasteiger partial charge in [-0.1, -0.05) is 48.5 Å².